The van der Waals surface area contributed by atoms with Crippen molar-refractivity contribution in [2.75, 3.05) is 5.32 Å². The lowest BCUT2D eigenvalue weighted by Crippen LogP contribution is -2.12. The van der Waals surface area contributed by atoms with Gasteiger partial charge in [-0.05, 0) is 24.3 Å². The van der Waals surface area contributed by atoms with Crippen molar-refractivity contribution in [3.05, 3.63) is 77.6 Å². The zero-order chi connectivity index (χ0) is 20.2. The molecule has 0 aliphatic rings. The quantitative estimate of drug-likeness (QED) is 0.467. The van der Waals surface area contributed by atoms with Crippen molar-refractivity contribution in [2.24, 2.45) is 0 Å². The van der Waals surface area contributed by atoms with Gasteiger partial charge >= 0.3 is 0 Å². The minimum absolute atomic E-state index is 0.131. The number of carbonyl (C=O) groups is 1. The monoisotopic (exact) mass is 411 g/mol. The van der Waals surface area contributed by atoms with Gasteiger partial charge in [0.15, 0.2) is 16.8 Å². The van der Waals surface area contributed by atoms with Crippen molar-refractivity contribution in [3.8, 4) is 22.6 Å². The number of oxazole rings is 1. The fourth-order valence-corrected chi connectivity index (χ4v) is 3.46. The Hall–Kier alpha value is -3.39. The molecule has 8 heteroatoms. The predicted octanol–water partition coefficient (Wildman–Crippen LogP) is 5.31. The van der Waals surface area contributed by atoms with E-state index in [2.05, 4.69) is 15.3 Å². The summed E-state index contributed by atoms with van der Waals surface area (Å²) in [6.07, 6.45) is 1.84. The van der Waals surface area contributed by atoms with Crippen LogP contribution in [-0.4, -0.2) is 15.9 Å². The Balaban J connectivity index is 1.35. The number of halogens is 2. The molecule has 4 rings (SSSR count). The Morgan fingerprint density at radius 3 is 2.83 bits per heavy atom. The van der Waals surface area contributed by atoms with Crippen molar-refractivity contribution >= 4 is 22.4 Å². The molecule has 0 radical (unpaired) electrons. The molecule has 2 heterocycles. The SMILES string of the molecule is O=C(CCc1ncc(-c2ccccc2F)o1)Nc1nc(-c2cccc(F)c2)cs1. The summed E-state index contributed by atoms with van der Waals surface area (Å²) in [5.41, 5.74) is 1.55. The third-order valence-electron chi connectivity index (χ3n) is 4.13. The van der Waals surface area contributed by atoms with Crippen LogP contribution in [0.25, 0.3) is 22.6 Å². The van der Waals surface area contributed by atoms with Crippen LogP contribution in [0.2, 0.25) is 0 Å². The zero-order valence-electron chi connectivity index (χ0n) is 15.1. The van der Waals surface area contributed by atoms with Gasteiger partial charge in [-0.2, -0.15) is 0 Å². The summed E-state index contributed by atoms with van der Waals surface area (Å²) in [5.74, 6) is -0.334. The van der Waals surface area contributed by atoms with E-state index >= 15 is 0 Å². The second kappa shape index (κ2) is 8.32. The molecule has 146 valence electrons. The van der Waals surface area contributed by atoms with Gasteiger partial charge in [0.05, 0.1) is 17.5 Å². The normalized spacial score (nSPS) is 10.8. The molecule has 1 N–H and O–H groups in total. The lowest BCUT2D eigenvalue weighted by molar-refractivity contribution is -0.116. The van der Waals surface area contributed by atoms with E-state index in [4.69, 9.17) is 4.42 Å². The fraction of sp³-hybridized carbons (Fsp3) is 0.0952. The second-order valence-electron chi connectivity index (χ2n) is 6.19. The largest absolute Gasteiger partial charge is 0.441 e. The lowest BCUT2D eigenvalue weighted by Gasteiger charge is -2.00. The van der Waals surface area contributed by atoms with Crippen molar-refractivity contribution < 1.29 is 18.0 Å². The molecular weight excluding hydrogens is 396 g/mol. The molecule has 0 spiro atoms. The van der Waals surface area contributed by atoms with Gasteiger partial charge in [-0.25, -0.2) is 18.7 Å². The molecule has 0 saturated carbocycles. The second-order valence-corrected chi connectivity index (χ2v) is 7.05. The maximum Gasteiger partial charge on any atom is 0.226 e. The Morgan fingerprint density at radius 1 is 1.14 bits per heavy atom. The van der Waals surface area contributed by atoms with Crippen LogP contribution >= 0.6 is 11.3 Å². The fourth-order valence-electron chi connectivity index (χ4n) is 2.73. The highest BCUT2D eigenvalue weighted by Crippen LogP contribution is 2.26. The van der Waals surface area contributed by atoms with Gasteiger partial charge in [0.2, 0.25) is 5.91 Å². The number of benzene rings is 2. The summed E-state index contributed by atoms with van der Waals surface area (Å²) in [4.78, 5) is 20.6. The number of rotatable bonds is 6. The number of anilines is 1. The predicted molar refractivity (Wildman–Crippen MR) is 106 cm³/mol. The summed E-state index contributed by atoms with van der Waals surface area (Å²) in [6.45, 7) is 0. The van der Waals surface area contributed by atoms with Crippen molar-refractivity contribution in [3.63, 3.8) is 0 Å². The Morgan fingerprint density at radius 2 is 2.00 bits per heavy atom. The Kier molecular flexibility index (Phi) is 5.44. The maximum atomic E-state index is 13.8. The van der Waals surface area contributed by atoms with Gasteiger partial charge in [0.25, 0.3) is 0 Å². The number of hydrogen-bond acceptors (Lipinski definition) is 5. The smallest absolute Gasteiger partial charge is 0.226 e. The number of amides is 1. The minimum atomic E-state index is -0.397. The molecule has 1 amide bonds. The standard InChI is InChI=1S/C21H15F2N3O2S/c22-14-5-3-4-13(10-14)17-12-29-21(25-17)26-19(27)8-9-20-24-11-18(28-20)15-6-1-2-7-16(15)23/h1-7,10-12H,8-9H2,(H,25,26,27). The van der Waals surface area contributed by atoms with E-state index in [0.29, 0.717) is 33.6 Å². The molecule has 0 unspecified atom stereocenters. The van der Waals surface area contributed by atoms with Crippen LogP contribution in [0, 0.1) is 11.6 Å². The van der Waals surface area contributed by atoms with Gasteiger partial charge in [-0.1, -0.05) is 24.3 Å². The molecule has 0 fully saturated rings. The summed E-state index contributed by atoms with van der Waals surface area (Å²) >= 11 is 1.26. The number of carbonyl (C=O) groups excluding carboxylic acids is 1. The zero-order valence-corrected chi connectivity index (χ0v) is 15.9. The van der Waals surface area contributed by atoms with E-state index in [1.165, 1.54) is 35.7 Å². The van der Waals surface area contributed by atoms with Crippen molar-refractivity contribution in [1.82, 2.24) is 9.97 Å². The highest BCUT2D eigenvalue weighted by atomic mass is 32.1. The number of hydrogen-bond donors (Lipinski definition) is 1. The van der Waals surface area contributed by atoms with Crippen LogP contribution in [0.15, 0.2) is 64.5 Å². The first-order chi connectivity index (χ1) is 14.1. The van der Waals surface area contributed by atoms with Crippen LogP contribution in [0.1, 0.15) is 12.3 Å². The first-order valence-electron chi connectivity index (χ1n) is 8.79. The van der Waals surface area contributed by atoms with E-state index in [1.807, 2.05) is 0 Å². The van der Waals surface area contributed by atoms with Gasteiger partial charge < -0.3 is 9.73 Å². The van der Waals surface area contributed by atoms with E-state index in [0.717, 1.165) is 0 Å². The average molecular weight is 411 g/mol. The van der Waals surface area contributed by atoms with E-state index < -0.39 is 5.82 Å². The average Bonchev–Trinajstić information content (AvgIpc) is 3.36. The summed E-state index contributed by atoms with van der Waals surface area (Å²) in [7, 11) is 0. The molecule has 29 heavy (non-hydrogen) atoms. The number of nitrogens with zero attached hydrogens (tertiary/aromatic N) is 2. The molecule has 0 atom stereocenters. The van der Waals surface area contributed by atoms with E-state index in [-0.39, 0.29) is 24.6 Å². The molecule has 0 bridgehead atoms. The number of nitrogens with one attached hydrogen (secondary N) is 1. The first-order valence-corrected chi connectivity index (χ1v) is 9.67. The molecule has 0 aliphatic heterocycles. The molecule has 5 nitrogen and oxygen atoms in total. The molecule has 2 aromatic carbocycles. The van der Waals surface area contributed by atoms with E-state index in [9.17, 15) is 13.6 Å². The van der Waals surface area contributed by atoms with Gasteiger partial charge in [-0.15, -0.1) is 11.3 Å². The maximum absolute atomic E-state index is 13.8. The Labute approximate surface area is 169 Å². The first kappa shape index (κ1) is 18.9. The molecule has 2 aromatic heterocycles. The highest BCUT2D eigenvalue weighted by molar-refractivity contribution is 7.14. The van der Waals surface area contributed by atoms with Crippen LogP contribution < -0.4 is 5.32 Å². The van der Waals surface area contributed by atoms with E-state index in [1.54, 1.807) is 35.7 Å². The number of thiazole rings is 1. The van der Waals surface area contributed by atoms with Crippen LogP contribution in [0.3, 0.4) is 0 Å². The number of aryl methyl sites for hydroxylation is 1. The van der Waals surface area contributed by atoms with Crippen molar-refractivity contribution in [1.29, 1.82) is 0 Å². The molecule has 0 saturated heterocycles. The van der Waals surface area contributed by atoms with Gasteiger partial charge in [0.1, 0.15) is 11.6 Å². The van der Waals surface area contributed by atoms with Gasteiger partial charge in [-0.3, -0.25) is 4.79 Å². The minimum Gasteiger partial charge on any atom is -0.441 e. The summed E-state index contributed by atoms with van der Waals surface area (Å²) < 4.78 is 32.7. The highest BCUT2D eigenvalue weighted by Gasteiger charge is 2.13. The summed E-state index contributed by atoms with van der Waals surface area (Å²) in [6, 6.07) is 12.4. The molecule has 0 aliphatic carbocycles. The number of aromatic nitrogens is 2. The van der Waals surface area contributed by atoms with Crippen LogP contribution in [0.4, 0.5) is 13.9 Å². The van der Waals surface area contributed by atoms with Crippen molar-refractivity contribution in [2.45, 2.75) is 12.8 Å². The third-order valence-corrected chi connectivity index (χ3v) is 4.89. The third kappa shape index (κ3) is 4.55. The lowest BCUT2D eigenvalue weighted by atomic mass is 10.2. The van der Waals surface area contributed by atoms with Crippen LogP contribution in [-0.2, 0) is 11.2 Å². The van der Waals surface area contributed by atoms with Crippen LogP contribution in [0.5, 0.6) is 0 Å². The molecular formula is C21H15F2N3O2S. The summed E-state index contributed by atoms with van der Waals surface area (Å²) in [5, 5.41) is 4.88. The molecule has 4 aromatic rings. The van der Waals surface area contributed by atoms with Gasteiger partial charge in [0, 0.05) is 23.8 Å². The topological polar surface area (TPSA) is 68.0 Å². The Bertz CT molecular complexity index is 1160.